The van der Waals surface area contributed by atoms with E-state index in [1.807, 2.05) is 0 Å². The van der Waals surface area contributed by atoms with Crippen molar-refractivity contribution in [2.45, 2.75) is 18.9 Å². The topological polar surface area (TPSA) is 37.3 Å². The average molecular weight is 100 g/mol. The zero-order valence-corrected chi connectivity index (χ0v) is 4.00. The van der Waals surface area contributed by atoms with Gasteiger partial charge in [-0.15, -0.1) is 0 Å². The van der Waals surface area contributed by atoms with Gasteiger partial charge in [0.15, 0.2) is 0 Å². The minimum atomic E-state index is -0.322. The van der Waals surface area contributed by atoms with E-state index < -0.39 is 0 Å². The summed E-state index contributed by atoms with van der Waals surface area (Å²) in [5.41, 5.74) is 0. The standard InChI is InChI=1S/C5H8O2/c6-3-4-1-2-5(4)7/h3-5,7H,1-2H2/t4-,5-/m0/s1. The summed E-state index contributed by atoms with van der Waals surface area (Å²) >= 11 is 0. The first-order valence-electron chi connectivity index (χ1n) is 2.48. The molecule has 0 amide bonds. The molecule has 0 bridgehead atoms. The van der Waals surface area contributed by atoms with Gasteiger partial charge in [-0.25, -0.2) is 0 Å². The molecule has 1 fully saturated rings. The van der Waals surface area contributed by atoms with Crippen LogP contribution in [0.1, 0.15) is 12.8 Å². The molecule has 0 aromatic heterocycles. The van der Waals surface area contributed by atoms with E-state index >= 15 is 0 Å². The second kappa shape index (κ2) is 1.62. The quantitative estimate of drug-likeness (QED) is 0.469. The van der Waals surface area contributed by atoms with Crippen LogP contribution in [-0.4, -0.2) is 17.5 Å². The molecule has 1 aliphatic carbocycles. The van der Waals surface area contributed by atoms with E-state index in [9.17, 15) is 4.79 Å². The molecule has 2 heteroatoms. The number of hydrogen-bond donors (Lipinski definition) is 1. The lowest BCUT2D eigenvalue weighted by Crippen LogP contribution is -2.31. The van der Waals surface area contributed by atoms with Crippen LogP contribution in [0.3, 0.4) is 0 Å². The highest BCUT2D eigenvalue weighted by molar-refractivity contribution is 5.55. The monoisotopic (exact) mass is 100 g/mol. The molecule has 1 rings (SSSR count). The highest BCUT2D eigenvalue weighted by Crippen LogP contribution is 2.24. The Morgan fingerprint density at radius 3 is 2.29 bits per heavy atom. The normalized spacial score (nSPS) is 39.6. The van der Waals surface area contributed by atoms with Gasteiger partial charge in [-0.3, -0.25) is 0 Å². The average Bonchev–Trinajstić information content (AvgIpc) is 1.65. The Labute approximate surface area is 42.1 Å². The molecule has 2 atom stereocenters. The van der Waals surface area contributed by atoms with Crippen LogP contribution in [-0.2, 0) is 4.79 Å². The largest absolute Gasteiger partial charge is 0.392 e. The third-order valence-electron chi connectivity index (χ3n) is 1.46. The molecule has 0 saturated heterocycles. The van der Waals surface area contributed by atoms with Crippen molar-refractivity contribution in [2.24, 2.45) is 5.92 Å². The number of aliphatic hydroxyl groups is 1. The molecule has 7 heavy (non-hydrogen) atoms. The van der Waals surface area contributed by atoms with E-state index in [1.165, 1.54) is 0 Å². The van der Waals surface area contributed by atoms with Crippen LogP contribution >= 0.6 is 0 Å². The number of aldehydes is 1. The van der Waals surface area contributed by atoms with Gasteiger partial charge in [0.2, 0.25) is 0 Å². The van der Waals surface area contributed by atoms with Crippen LogP contribution in [0.5, 0.6) is 0 Å². The molecule has 1 N–H and O–H groups in total. The Hall–Kier alpha value is -0.370. The van der Waals surface area contributed by atoms with Gasteiger partial charge in [-0.05, 0) is 12.8 Å². The predicted molar refractivity (Wildman–Crippen MR) is 24.8 cm³/mol. The Morgan fingerprint density at radius 1 is 1.57 bits per heavy atom. The smallest absolute Gasteiger partial charge is 0.125 e. The lowest BCUT2D eigenvalue weighted by Gasteiger charge is -2.26. The van der Waals surface area contributed by atoms with Crippen LogP contribution in [0.2, 0.25) is 0 Å². The molecule has 2 nitrogen and oxygen atoms in total. The summed E-state index contributed by atoms with van der Waals surface area (Å²) in [6, 6.07) is 0. The summed E-state index contributed by atoms with van der Waals surface area (Å²) in [5, 5.41) is 8.68. The predicted octanol–water partition coefficient (Wildman–Crippen LogP) is -0.0438. The second-order valence-electron chi connectivity index (χ2n) is 1.94. The van der Waals surface area contributed by atoms with Crippen molar-refractivity contribution in [1.82, 2.24) is 0 Å². The summed E-state index contributed by atoms with van der Waals surface area (Å²) in [6.45, 7) is 0. The zero-order valence-electron chi connectivity index (χ0n) is 4.00. The van der Waals surface area contributed by atoms with Crippen molar-refractivity contribution in [3.05, 3.63) is 0 Å². The summed E-state index contributed by atoms with van der Waals surface area (Å²) in [7, 11) is 0. The molecule has 0 aliphatic heterocycles. The molecule has 0 spiro atoms. The van der Waals surface area contributed by atoms with Gasteiger partial charge in [-0.1, -0.05) is 0 Å². The fourth-order valence-corrected chi connectivity index (χ4v) is 0.667. The molecule has 0 heterocycles. The number of carbonyl (C=O) groups is 1. The van der Waals surface area contributed by atoms with Gasteiger partial charge in [0.25, 0.3) is 0 Å². The molecule has 1 saturated carbocycles. The lowest BCUT2D eigenvalue weighted by molar-refractivity contribution is -0.119. The highest BCUT2D eigenvalue weighted by Gasteiger charge is 2.27. The number of carbonyl (C=O) groups excluding carboxylic acids is 1. The van der Waals surface area contributed by atoms with Gasteiger partial charge in [0.1, 0.15) is 6.29 Å². The summed E-state index contributed by atoms with van der Waals surface area (Å²) in [6.07, 6.45) is 2.19. The first kappa shape index (κ1) is 4.78. The summed E-state index contributed by atoms with van der Waals surface area (Å²) < 4.78 is 0. The maximum Gasteiger partial charge on any atom is 0.125 e. The van der Waals surface area contributed by atoms with Crippen LogP contribution < -0.4 is 0 Å². The maximum atomic E-state index is 9.84. The molecule has 0 radical (unpaired) electrons. The lowest BCUT2D eigenvalue weighted by atomic mass is 9.83. The van der Waals surface area contributed by atoms with Crippen LogP contribution in [0, 0.1) is 5.92 Å². The van der Waals surface area contributed by atoms with Crippen molar-refractivity contribution in [1.29, 1.82) is 0 Å². The summed E-state index contributed by atoms with van der Waals surface area (Å²) in [4.78, 5) is 9.84. The number of hydrogen-bond acceptors (Lipinski definition) is 2. The van der Waals surface area contributed by atoms with Gasteiger partial charge >= 0.3 is 0 Å². The molecule has 0 aromatic carbocycles. The molecule has 0 aromatic rings. The van der Waals surface area contributed by atoms with Gasteiger partial charge in [0.05, 0.1) is 6.10 Å². The molecule has 40 valence electrons. The van der Waals surface area contributed by atoms with Crippen molar-refractivity contribution in [3.63, 3.8) is 0 Å². The fourth-order valence-electron chi connectivity index (χ4n) is 0.667. The molecule has 1 aliphatic rings. The van der Waals surface area contributed by atoms with Crippen LogP contribution in [0.4, 0.5) is 0 Å². The van der Waals surface area contributed by atoms with E-state index in [4.69, 9.17) is 5.11 Å². The number of rotatable bonds is 1. The third-order valence-corrected chi connectivity index (χ3v) is 1.46. The molecular weight excluding hydrogens is 92.1 g/mol. The van der Waals surface area contributed by atoms with Crippen molar-refractivity contribution in [2.75, 3.05) is 0 Å². The summed E-state index contributed by atoms with van der Waals surface area (Å²) in [5.74, 6) is -0.0417. The van der Waals surface area contributed by atoms with Gasteiger partial charge in [0, 0.05) is 5.92 Å². The Bertz CT molecular complexity index is 80.1. The molecular formula is C5H8O2. The zero-order chi connectivity index (χ0) is 5.28. The first-order chi connectivity index (χ1) is 3.34. The van der Waals surface area contributed by atoms with E-state index in [0.717, 1.165) is 19.1 Å². The first-order valence-corrected chi connectivity index (χ1v) is 2.48. The second-order valence-corrected chi connectivity index (χ2v) is 1.94. The minimum Gasteiger partial charge on any atom is -0.392 e. The minimum absolute atomic E-state index is 0.0417. The van der Waals surface area contributed by atoms with E-state index in [-0.39, 0.29) is 12.0 Å². The maximum absolute atomic E-state index is 9.84. The van der Waals surface area contributed by atoms with Crippen molar-refractivity contribution < 1.29 is 9.90 Å². The SMILES string of the molecule is O=C[C@@H]1CC[C@@H]1O. The van der Waals surface area contributed by atoms with Gasteiger partial charge in [-0.2, -0.15) is 0 Å². The highest BCUT2D eigenvalue weighted by atomic mass is 16.3. The van der Waals surface area contributed by atoms with E-state index in [0.29, 0.717) is 0 Å². The Balaban J connectivity index is 2.28. The van der Waals surface area contributed by atoms with E-state index in [2.05, 4.69) is 0 Å². The van der Waals surface area contributed by atoms with Crippen LogP contribution in [0.15, 0.2) is 0 Å². The van der Waals surface area contributed by atoms with Crippen LogP contribution in [0.25, 0.3) is 0 Å². The Kier molecular flexibility index (Phi) is 1.11. The molecule has 0 unspecified atom stereocenters. The fraction of sp³-hybridized carbons (Fsp3) is 0.800. The van der Waals surface area contributed by atoms with Crippen molar-refractivity contribution >= 4 is 6.29 Å². The third kappa shape index (κ3) is 0.657. The van der Waals surface area contributed by atoms with Gasteiger partial charge < -0.3 is 9.90 Å². The van der Waals surface area contributed by atoms with Crippen molar-refractivity contribution in [3.8, 4) is 0 Å². The van der Waals surface area contributed by atoms with E-state index in [1.54, 1.807) is 0 Å². The number of aliphatic hydroxyl groups excluding tert-OH is 1. The Morgan fingerprint density at radius 2 is 2.29 bits per heavy atom.